The first kappa shape index (κ1) is 13.5. The summed E-state index contributed by atoms with van der Waals surface area (Å²) in [6, 6.07) is 2.26. The van der Waals surface area contributed by atoms with Crippen molar-refractivity contribution in [2.24, 2.45) is 16.7 Å². The van der Waals surface area contributed by atoms with Crippen LogP contribution >= 0.6 is 0 Å². The van der Waals surface area contributed by atoms with Gasteiger partial charge in [0, 0.05) is 0 Å². The highest BCUT2D eigenvalue weighted by Crippen LogP contribution is 2.47. The Kier molecular flexibility index (Phi) is 3.41. The van der Waals surface area contributed by atoms with Crippen molar-refractivity contribution in [3.8, 4) is 6.07 Å². The lowest BCUT2D eigenvalue weighted by Gasteiger charge is -2.46. The molecule has 1 N–H and O–H groups in total. The molecule has 2 nitrogen and oxygen atoms in total. The van der Waals surface area contributed by atoms with Crippen molar-refractivity contribution in [3.63, 3.8) is 0 Å². The van der Waals surface area contributed by atoms with Crippen LogP contribution in [0.1, 0.15) is 60.3 Å². The lowest BCUT2D eigenvalue weighted by Crippen LogP contribution is -2.47. The molecule has 1 rings (SSSR count). The van der Waals surface area contributed by atoms with E-state index in [0.29, 0.717) is 11.3 Å². The van der Waals surface area contributed by atoms with Gasteiger partial charge in [-0.15, -0.1) is 0 Å². The molecule has 0 spiro atoms. The summed E-state index contributed by atoms with van der Waals surface area (Å²) in [5.41, 5.74) is -1.10. The Labute approximate surface area is 99.7 Å². The summed E-state index contributed by atoms with van der Waals surface area (Å²) in [5, 5.41) is 19.7. The first-order valence-corrected chi connectivity index (χ1v) is 6.26. The number of hydrogen-bond acceptors (Lipinski definition) is 2. The third kappa shape index (κ3) is 2.40. The second-order valence-electron chi connectivity index (χ2n) is 6.91. The van der Waals surface area contributed by atoms with Crippen LogP contribution in [0.25, 0.3) is 0 Å². The molecule has 1 fully saturated rings. The Morgan fingerprint density at radius 3 is 1.88 bits per heavy atom. The van der Waals surface area contributed by atoms with Crippen LogP contribution in [-0.4, -0.2) is 10.7 Å². The SMILES string of the molecule is CC(C)(C)C1CCC(O)(C(C)(C)C#N)CC1. The predicted molar refractivity (Wildman–Crippen MR) is 65.8 cm³/mol. The van der Waals surface area contributed by atoms with Crippen molar-refractivity contribution in [2.75, 3.05) is 0 Å². The molecule has 0 aromatic carbocycles. The Morgan fingerprint density at radius 1 is 1.12 bits per heavy atom. The molecular formula is C14H25NO. The Bertz CT molecular complexity index is 285. The molecule has 0 aromatic heterocycles. The summed E-state index contributed by atoms with van der Waals surface area (Å²) in [6.07, 6.45) is 3.58. The van der Waals surface area contributed by atoms with Crippen LogP contribution in [0.3, 0.4) is 0 Å². The van der Waals surface area contributed by atoms with Crippen molar-refractivity contribution >= 4 is 0 Å². The average Bonchev–Trinajstić information content (AvgIpc) is 2.16. The monoisotopic (exact) mass is 223 g/mol. The average molecular weight is 223 g/mol. The minimum absolute atomic E-state index is 0.318. The van der Waals surface area contributed by atoms with Gasteiger partial charge in [0.15, 0.2) is 0 Å². The first-order chi connectivity index (χ1) is 7.12. The van der Waals surface area contributed by atoms with Gasteiger partial charge >= 0.3 is 0 Å². The first-order valence-electron chi connectivity index (χ1n) is 6.26. The van der Waals surface area contributed by atoms with E-state index in [1.807, 2.05) is 13.8 Å². The number of hydrogen-bond donors (Lipinski definition) is 1. The van der Waals surface area contributed by atoms with Gasteiger partial charge in [-0.1, -0.05) is 20.8 Å². The standard InChI is InChI=1S/C14H25NO/c1-12(2,3)11-6-8-14(16,9-7-11)13(4,5)10-15/h11,16H,6-9H2,1-5H3. The van der Waals surface area contributed by atoms with Crippen molar-refractivity contribution in [2.45, 2.75) is 65.9 Å². The van der Waals surface area contributed by atoms with E-state index >= 15 is 0 Å². The van der Waals surface area contributed by atoms with Gasteiger partial charge in [0.05, 0.1) is 17.1 Å². The van der Waals surface area contributed by atoms with Crippen molar-refractivity contribution in [1.29, 1.82) is 5.26 Å². The molecule has 0 radical (unpaired) electrons. The summed E-state index contributed by atoms with van der Waals surface area (Å²) >= 11 is 0. The molecule has 1 aliphatic carbocycles. The zero-order chi connectivity index (χ0) is 12.6. The van der Waals surface area contributed by atoms with Crippen LogP contribution in [0.15, 0.2) is 0 Å². The van der Waals surface area contributed by atoms with Crippen LogP contribution in [0.5, 0.6) is 0 Å². The topological polar surface area (TPSA) is 44.0 Å². The molecule has 0 amide bonds. The molecule has 0 atom stereocenters. The van der Waals surface area contributed by atoms with Gasteiger partial charge in [0.1, 0.15) is 0 Å². The molecule has 2 heteroatoms. The highest BCUT2D eigenvalue weighted by atomic mass is 16.3. The molecule has 0 unspecified atom stereocenters. The van der Waals surface area contributed by atoms with Crippen LogP contribution in [-0.2, 0) is 0 Å². The van der Waals surface area contributed by atoms with Gasteiger partial charge < -0.3 is 5.11 Å². The van der Waals surface area contributed by atoms with Crippen LogP contribution in [0.4, 0.5) is 0 Å². The van der Waals surface area contributed by atoms with E-state index in [0.717, 1.165) is 25.7 Å². The maximum Gasteiger partial charge on any atom is 0.0828 e. The smallest absolute Gasteiger partial charge is 0.0828 e. The summed E-state index contributed by atoms with van der Waals surface area (Å²) in [4.78, 5) is 0. The van der Waals surface area contributed by atoms with Gasteiger partial charge in [0.25, 0.3) is 0 Å². The van der Waals surface area contributed by atoms with E-state index in [1.165, 1.54) is 0 Å². The molecule has 92 valence electrons. The Hall–Kier alpha value is -0.550. The molecule has 0 saturated heterocycles. The minimum atomic E-state index is -0.788. The maximum atomic E-state index is 10.6. The normalized spacial score (nSPS) is 32.2. The van der Waals surface area contributed by atoms with E-state index in [1.54, 1.807) is 0 Å². The highest BCUT2D eigenvalue weighted by molar-refractivity contribution is 5.08. The van der Waals surface area contributed by atoms with Crippen LogP contribution < -0.4 is 0 Å². The molecule has 1 saturated carbocycles. The predicted octanol–water partition coefficient (Wildman–Crippen LogP) is 3.50. The second-order valence-corrected chi connectivity index (χ2v) is 6.91. The van der Waals surface area contributed by atoms with E-state index in [-0.39, 0.29) is 0 Å². The summed E-state index contributed by atoms with van der Waals surface area (Å²) in [7, 11) is 0. The molecule has 0 bridgehead atoms. The third-order valence-corrected chi connectivity index (χ3v) is 4.48. The van der Waals surface area contributed by atoms with E-state index in [9.17, 15) is 5.11 Å². The lowest BCUT2D eigenvalue weighted by atomic mass is 9.62. The summed E-state index contributed by atoms with van der Waals surface area (Å²) < 4.78 is 0. The fraction of sp³-hybridized carbons (Fsp3) is 0.929. The minimum Gasteiger partial charge on any atom is -0.388 e. The quantitative estimate of drug-likeness (QED) is 0.739. The van der Waals surface area contributed by atoms with Gasteiger partial charge in [-0.25, -0.2) is 0 Å². The van der Waals surface area contributed by atoms with Crippen molar-refractivity contribution in [3.05, 3.63) is 0 Å². The molecule has 0 aliphatic heterocycles. The Balaban J connectivity index is 2.72. The van der Waals surface area contributed by atoms with Gasteiger partial charge in [0.2, 0.25) is 0 Å². The van der Waals surface area contributed by atoms with Crippen molar-refractivity contribution < 1.29 is 5.11 Å². The molecule has 0 heterocycles. The van der Waals surface area contributed by atoms with Gasteiger partial charge in [-0.05, 0) is 50.9 Å². The van der Waals surface area contributed by atoms with Crippen LogP contribution in [0.2, 0.25) is 0 Å². The van der Waals surface area contributed by atoms with Crippen LogP contribution in [0, 0.1) is 28.1 Å². The zero-order valence-corrected chi connectivity index (χ0v) is 11.3. The summed E-state index contributed by atoms with van der Waals surface area (Å²) in [5.74, 6) is 0.669. The largest absolute Gasteiger partial charge is 0.388 e. The fourth-order valence-electron chi connectivity index (χ4n) is 2.69. The third-order valence-electron chi connectivity index (χ3n) is 4.48. The van der Waals surface area contributed by atoms with E-state index in [2.05, 4.69) is 26.8 Å². The van der Waals surface area contributed by atoms with Crippen molar-refractivity contribution in [1.82, 2.24) is 0 Å². The number of nitrogens with zero attached hydrogens (tertiary/aromatic N) is 1. The zero-order valence-electron chi connectivity index (χ0n) is 11.3. The lowest BCUT2D eigenvalue weighted by molar-refractivity contribution is -0.0859. The summed E-state index contributed by atoms with van der Waals surface area (Å²) in [6.45, 7) is 10.5. The molecule has 16 heavy (non-hydrogen) atoms. The highest BCUT2D eigenvalue weighted by Gasteiger charge is 2.47. The van der Waals surface area contributed by atoms with E-state index in [4.69, 9.17) is 5.26 Å². The van der Waals surface area contributed by atoms with E-state index < -0.39 is 11.0 Å². The maximum absolute atomic E-state index is 10.6. The Morgan fingerprint density at radius 2 is 1.56 bits per heavy atom. The number of nitriles is 1. The van der Waals surface area contributed by atoms with Gasteiger partial charge in [-0.3, -0.25) is 0 Å². The number of rotatable bonds is 1. The second kappa shape index (κ2) is 4.04. The number of aliphatic hydroxyl groups is 1. The fourth-order valence-corrected chi connectivity index (χ4v) is 2.69. The van der Waals surface area contributed by atoms with Gasteiger partial charge in [-0.2, -0.15) is 5.26 Å². The molecule has 0 aromatic rings. The molecular weight excluding hydrogens is 198 g/mol. The molecule has 1 aliphatic rings.